The Morgan fingerprint density at radius 1 is 1.10 bits per heavy atom. The lowest BCUT2D eigenvalue weighted by Gasteiger charge is -2.28. The van der Waals surface area contributed by atoms with E-state index in [1.54, 1.807) is 13.8 Å². The summed E-state index contributed by atoms with van der Waals surface area (Å²) < 4.78 is 18.1. The van der Waals surface area contributed by atoms with Crippen LogP contribution in [0.15, 0.2) is 24.3 Å². The third-order valence-corrected chi connectivity index (χ3v) is 6.59. The summed E-state index contributed by atoms with van der Waals surface area (Å²) >= 11 is 0. The Labute approximate surface area is 173 Å². The lowest BCUT2D eigenvalue weighted by atomic mass is 9.81. The van der Waals surface area contributed by atoms with Gasteiger partial charge in [-0.1, -0.05) is 13.8 Å². The minimum Gasteiger partial charge on any atom is -0.454 e. The number of carbonyl (C=O) groups is 4. The summed E-state index contributed by atoms with van der Waals surface area (Å²) in [5, 5.41) is 2.50. The number of amides is 3. The Morgan fingerprint density at radius 3 is 2.20 bits per heavy atom. The summed E-state index contributed by atoms with van der Waals surface area (Å²) in [6.07, 6.45) is 2.83. The van der Waals surface area contributed by atoms with Crippen molar-refractivity contribution in [1.29, 1.82) is 0 Å². The first-order chi connectivity index (χ1) is 14.3. The van der Waals surface area contributed by atoms with E-state index in [1.807, 2.05) is 0 Å². The van der Waals surface area contributed by atoms with E-state index in [2.05, 4.69) is 5.32 Å². The van der Waals surface area contributed by atoms with E-state index in [4.69, 9.17) is 4.74 Å². The number of esters is 1. The van der Waals surface area contributed by atoms with Crippen LogP contribution in [0.2, 0.25) is 0 Å². The first-order valence-electron chi connectivity index (χ1n) is 10.4. The lowest BCUT2D eigenvalue weighted by molar-refractivity contribution is -0.162. The molecule has 8 heteroatoms. The maximum Gasteiger partial charge on any atom is 0.330 e. The molecule has 1 N–H and O–H groups in total. The topological polar surface area (TPSA) is 92.8 Å². The van der Waals surface area contributed by atoms with E-state index in [-0.39, 0.29) is 41.4 Å². The average Bonchev–Trinajstić information content (AvgIpc) is 3.38. The van der Waals surface area contributed by atoms with Crippen molar-refractivity contribution in [3.05, 3.63) is 30.1 Å². The number of nitrogens with zero attached hydrogens (tertiary/aromatic N) is 1. The molecule has 1 aliphatic heterocycles. The van der Waals surface area contributed by atoms with Crippen LogP contribution in [0.1, 0.15) is 33.1 Å². The number of hydrogen-bond donors (Lipinski definition) is 1. The van der Waals surface area contributed by atoms with Gasteiger partial charge < -0.3 is 10.1 Å². The monoisotopic (exact) mass is 416 g/mol. The van der Waals surface area contributed by atoms with Gasteiger partial charge in [-0.2, -0.15) is 0 Å². The molecule has 2 saturated carbocycles. The van der Waals surface area contributed by atoms with E-state index in [0.717, 1.165) is 24.2 Å². The number of rotatable bonds is 6. The summed E-state index contributed by atoms with van der Waals surface area (Å²) in [6.45, 7) is 2.93. The van der Waals surface area contributed by atoms with Crippen molar-refractivity contribution in [3.63, 3.8) is 0 Å². The molecule has 3 amide bonds. The SMILES string of the molecule is CC(C)[C@H](C(=O)OCC(=O)Nc1ccc(F)cc1)N1C(=O)[C@@H]2[C@@H]3CC[C@@H](C3)[C@@H]2C1=O. The van der Waals surface area contributed by atoms with Crippen molar-refractivity contribution >= 4 is 29.4 Å². The van der Waals surface area contributed by atoms with Crippen molar-refractivity contribution in [1.82, 2.24) is 4.90 Å². The molecular formula is C22H25FN2O5. The van der Waals surface area contributed by atoms with Gasteiger partial charge in [-0.25, -0.2) is 9.18 Å². The molecule has 1 aromatic rings. The van der Waals surface area contributed by atoms with Crippen molar-refractivity contribution in [2.75, 3.05) is 11.9 Å². The van der Waals surface area contributed by atoms with Crippen LogP contribution in [0.5, 0.6) is 0 Å². The number of anilines is 1. The van der Waals surface area contributed by atoms with Crippen LogP contribution in [0.4, 0.5) is 10.1 Å². The highest BCUT2D eigenvalue weighted by molar-refractivity contribution is 6.08. The molecule has 1 aromatic carbocycles. The van der Waals surface area contributed by atoms with Crippen LogP contribution in [0.3, 0.4) is 0 Å². The van der Waals surface area contributed by atoms with Crippen LogP contribution < -0.4 is 5.32 Å². The largest absolute Gasteiger partial charge is 0.454 e. The fourth-order valence-corrected chi connectivity index (χ4v) is 5.33. The number of ether oxygens (including phenoxy) is 1. The van der Waals surface area contributed by atoms with E-state index in [9.17, 15) is 23.6 Å². The maximum absolute atomic E-state index is 13.0. The summed E-state index contributed by atoms with van der Waals surface area (Å²) in [5.41, 5.74) is 0.367. The zero-order valence-electron chi connectivity index (χ0n) is 17.0. The van der Waals surface area contributed by atoms with Gasteiger partial charge in [0.2, 0.25) is 11.8 Å². The smallest absolute Gasteiger partial charge is 0.330 e. The minimum atomic E-state index is -1.05. The molecule has 0 aromatic heterocycles. The Balaban J connectivity index is 1.41. The Kier molecular flexibility index (Phi) is 5.34. The zero-order chi connectivity index (χ0) is 21.6. The molecule has 160 valence electrons. The van der Waals surface area contributed by atoms with E-state index in [1.165, 1.54) is 24.3 Å². The van der Waals surface area contributed by atoms with Crippen molar-refractivity contribution in [2.45, 2.75) is 39.2 Å². The minimum absolute atomic E-state index is 0.228. The molecule has 0 unspecified atom stereocenters. The third kappa shape index (κ3) is 3.48. The number of hydrogen-bond acceptors (Lipinski definition) is 5. The summed E-state index contributed by atoms with van der Waals surface area (Å²) in [5.74, 6) is -2.86. The zero-order valence-corrected chi connectivity index (χ0v) is 17.0. The number of likely N-dealkylation sites (tertiary alicyclic amines) is 1. The fourth-order valence-electron chi connectivity index (χ4n) is 5.33. The van der Waals surface area contributed by atoms with Crippen LogP contribution in [-0.2, 0) is 23.9 Å². The average molecular weight is 416 g/mol. The number of nitrogens with one attached hydrogen (secondary N) is 1. The number of fused-ring (bicyclic) bond motifs is 5. The van der Waals surface area contributed by atoms with Crippen LogP contribution in [-0.4, -0.2) is 41.2 Å². The van der Waals surface area contributed by atoms with Gasteiger partial charge >= 0.3 is 5.97 Å². The standard InChI is InChI=1S/C22H25FN2O5/c1-11(2)19(22(29)30-10-16(26)24-15-7-5-14(23)6-8-15)25-20(27)17-12-3-4-13(9-12)18(17)21(25)28/h5-8,11-13,17-19H,3-4,9-10H2,1-2H3,(H,24,26)/t12-,13+,17-,18+,19-/m1/s1. The molecule has 30 heavy (non-hydrogen) atoms. The van der Waals surface area contributed by atoms with E-state index in [0.29, 0.717) is 5.69 Å². The molecule has 5 atom stereocenters. The van der Waals surface area contributed by atoms with Crippen molar-refractivity contribution < 1.29 is 28.3 Å². The predicted octanol–water partition coefficient (Wildman–Crippen LogP) is 2.36. The van der Waals surface area contributed by atoms with Crippen molar-refractivity contribution in [3.8, 4) is 0 Å². The fraction of sp³-hybridized carbons (Fsp3) is 0.545. The second kappa shape index (κ2) is 7.81. The molecule has 3 fully saturated rings. The highest BCUT2D eigenvalue weighted by Crippen LogP contribution is 2.56. The Morgan fingerprint density at radius 2 is 1.67 bits per heavy atom. The summed E-state index contributed by atoms with van der Waals surface area (Å²) in [4.78, 5) is 52.0. The van der Waals surface area contributed by atoms with Gasteiger partial charge in [0, 0.05) is 5.69 Å². The molecule has 7 nitrogen and oxygen atoms in total. The Bertz CT molecular complexity index is 856. The Hall–Kier alpha value is -2.77. The normalized spacial score (nSPS) is 28.1. The predicted molar refractivity (Wildman–Crippen MR) is 104 cm³/mol. The number of carbonyl (C=O) groups excluding carboxylic acids is 4. The van der Waals surface area contributed by atoms with Gasteiger partial charge in [0.25, 0.3) is 5.91 Å². The molecule has 3 aliphatic rings. The molecular weight excluding hydrogens is 391 g/mol. The quantitative estimate of drug-likeness (QED) is 0.568. The summed E-state index contributed by atoms with van der Waals surface area (Å²) in [6, 6.07) is 4.13. The van der Waals surface area contributed by atoms with Gasteiger partial charge in [-0.15, -0.1) is 0 Å². The van der Waals surface area contributed by atoms with Crippen LogP contribution >= 0.6 is 0 Å². The first-order valence-corrected chi connectivity index (χ1v) is 10.4. The third-order valence-electron chi connectivity index (χ3n) is 6.59. The second-order valence-corrected chi connectivity index (χ2v) is 8.78. The van der Waals surface area contributed by atoms with Gasteiger partial charge in [0.1, 0.15) is 11.9 Å². The molecule has 2 bridgehead atoms. The molecule has 4 rings (SSSR count). The molecule has 1 heterocycles. The lowest BCUT2D eigenvalue weighted by Crippen LogP contribution is -2.50. The van der Waals surface area contributed by atoms with Crippen LogP contribution in [0.25, 0.3) is 0 Å². The van der Waals surface area contributed by atoms with Crippen LogP contribution in [0, 0.1) is 35.4 Å². The maximum atomic E-state index is 13.0. The molecule has 0 spiro atoms. The van der Waals surface area contributed by atoms with Crippen molar-refractivity contribution in [2.24, 2.45) is 29.6 Å². The van der Waals surface area contributed by atoms with Gasteiger partial charge in [-0.3, -0.25) is 19.3 Å². The van der Waals surface area contributed by atoms with E-state index >= 15 is 0 Å². The van der Waals surface area contributed by atoms with Gasteiger partial charge in [0.05, 0.1) is 11.8 Å². The molecule has 1 saturated heterocycles. The highest BCUT2D eigenvalue weighted by atomic mass is 19.1. The van der Waals surface area contributed by atoms with Gasteiger partial charge in [-0.05, 0) is 61.3 Å². The summed E-state index contributed by atoms with van der Waals surface area (Å²) in [7, 11) is 0. The second-order valence-electron chi connectivity index (χ2n) is 8.78. The number of imide groups is 1. The number of halogens is 1. The molecule has 0 radical (unpaired) electrons. The van der Waals surface area contributed by atoms with E-state index < -0.39 is 30.3 Å². The number of benzene rings is 1. The highest BCUT2D eigenvalue weighted by Gasteiger charge is 2.62. The molecule has 2 aliphatic carbocycles. The van der Waals surface area contributed by atoms with Gasteiger partial charge in [0.15, 0.2) is 6.61 Å². The first kappa shape index (κ1) is 20.5.